The van der Waals surface area contributed by atoms with Crippen LogP contribution in [0.25, 0.3) is 0 Å². The maximum atomic E-state index is 12.2. The van der Waals surface area contributed by atoms with E-state index in [9.17, 15) is 19.8 Å². The molecule has 1 amide bonds. The third kappa shape index (κ3) is 3.51. The van der Waals surface area contributed by atoms with Crippen molar-refractivity contribution in [1.29, 1.82) is 0 Å². The maximum absolute atomic E-state index is 12.2. The van der Waals surface area contributed by atoms with Gasteiger partial charge >= 0.3 is 5.69 Å². The van der Waals surface area contributed by atoms with Crippen LogP contribution in [0.3, 0.4) is 0 Å². The van der Waals surface area contributed by atoms with Gasteiger partial charge in [-0.3, -0.25) is 9.36 Å². The Morgan fingerprint density at radius 2 is 1.92 bits per heavy atom. The summed E-state index contributed by atoms with van der Waals surface area (Å²) in [5.41, 5.74) is 0.660. The Kier molecular flexibility index (Phi) is 5.14. The molecule has 0 saturated carbocycles. The van der Waals surface area contributed by atoms with Crippen LogP contribution in [0.4, 0.5) is 5.82 Å². The van der Waals surface area contributed by atoms with E-state index < -0.39 is 42.7 Å². The molecule has 0 spiro atoms. The molecule has 26 heavy (non-hydrogen) atoms. The minimum atomic E-state index is -1.39. The lowest BCUT2D eigenvalue weighted by atomic mass is 10.1. The Balaban J connectivity index is 1.77. The van der Waals surface area contributed by atoms with E-state index in [4.69, 9.17) is 9.84 Å². The van der Waals surface area contributed by atoms with Gasteiger partial charge in [-0.25, -0.2) is 4.79 Å². The number of carbonyl (C=O) groups excluding carboxylic acids is 1. The summed E-state index contributed by atoms with van der Waals surface area (Å²) < 4.78 is 6.28. The molecule has 9 heteroatoms. The van der Waals surface area contributed by atoms with Gasteiger partial charge in [-0.1, -0.05) is 17.7 Å². The molecule has 1 fully saturated rings. The van der Waals surface area contributed by atoms with Crippen molar-refractivity contribution >= 4 is 11.7 Å². The Hall–Kier alpha value is -2.59. The molecule has 138 valence electrons. The number of hydrogen-bond acceptors (Lipinski definition) is 7. The Bertz CT molecular complexity index is 850. The van der Waals surface area contributed by atoms with Crippen molar-refractivity contribution in [2.24, 2.45) is 0 Å². The topological polar surface area (TPSA) is 134 Å². The molecule has 4 atom stereocenters. The molecule has 1 aromatic heterocycles. The highest BCUT2D eigenvalue weighted by atomic mass is 16.6. The quantitative estimate of drug-likeness (QED) is 0.572. The number of aryl methyl sites for hydroxylation is 1. The first kappa shape index (κ1) is 18.2. The molecule has 1 aromatic carbocycles. The molecule has 0 bridgehead atoms. The van der Waals surface area contributed by atoms with Crippen LogP contribution in [0.1, 0.15) is 22.1 Å². The molecular formula is C17H19N3O6. The predicted molar refractivity (Wildman–Crippen MR) is 90.6 cm³/mol. The van der Waals surface area contributed by atoms with Gasteiger partial charge in [0.1, 0.15) is 24.1 Å². The number of anilines is 1. The second-order valence-electron chi connectivity index (χ2n) is 6.05. The molecule has 0 radical (unpaired) electrons. The lowest BCUT2D eigenvalue weighted by Gasteiger charge is -2.17. The van der Waals surface area contributed by atoms with E-state index in [-0.39, 0.29) is 5.82 Å². The monoisotopic (exact) mass is 361 g/mol. The predicted octanol–water partition coefficient (Wildman–Crippen LogP) is -0.584. The summed E-state index contributed by atoms with van der Waals surface area (Å²) in [5.74, 6) is -0.369. The number of amides is 1. The molecule has 1 aliphatic rings. The number of benzene rings is 1. The SMILES string of the molecule is Cc1ccc(C(=O)Nc2ccn([C@@H]3O[C@H](CO)[C@H](O)[C@@H]3O)c(=O)n2)cc1. The van der Waals surface area contributed by atoms with Crippen LogP contribution in [0, 0.1) is 6.92 Å². The zero-order chi connectivity index (χ0) is 18.8. The third-order valence-corrected chi connectivity index (χ3v) is 4.18. The second-order valence-corrected chi connectivity index (χ2v) is 6.05. The Morgan fingerprint density at radius 3 is 2.50 bits per heavy atom. The van der Waals surface area contributed by atoms with Gasteiger partial charge < -0.3 is 25.4 Å². The van der Waals surface area contributed by atoms with Crippen molar-refractivity contribution in [2.45, 2.75) is 31.5 Å². The maximum Gasteiger partial charge on any atom is 0.351 e. The van der Waals surface area contributed by atoms with Gasteiger partial charge in [0.15, 0.2) is 6.23 Å². The van der Waals surface area contributed by atoms with Crippen LogP contribution in [-0.2, 0) is 4.74 Å². The highest BCUT2D eigenvalue weighted by molar-refractivity contribution is 6.03. The molecule has 2 aromatic rings. The van der Waals surface area contributed by atoms with Gasteiger partial charge in [-0.2, -0.15) is 4.98 Å². The van der Waals surface area contributed by atoms with Crippen molar-refractivity contribution in [3.63, 3.8) is 0 Å². The van der Waals surface area contributed by atoms with Crippen molar-refractivity contribution in [1.82, 2.24) is 9.55 Å². The average molecular weight is 361 g/mol. The van der Waals surface area contributed by atoms with Crippen molar-refractivity contribution < 1.29 is 24.9 Å². The Morgan fingerprint density at radius 1 is 1.23 bits per heavy atom. The van der Waals surface area contributed by atoms with E-state index in [0.717, 1.165) is 10.1 Å². The highest BCUT2D eigenvalue weighted by Gasteiger charge is 2.43. The van der Waals surface area contributed by atoms with Gasteiger partial charge in [0.2, 0.25) is 0 Å². The van der Waals surface area contributed by atoms with Crippen LogP contribution in [0.2, 0.25) is 0 Å². The molecule has 1 saturated heterocycles. The molecule has 1 aliphatic heterocycles. The molecule has 9 nitrogen and oxygen atoms in total. The van der Waals surface area contributed by atoms with E-state index in [0.29, 0.717) is 5.56 Å². The zero-order valence-electron chi connectivity index (χ0n) is 13.9. The first-order chi connectivity index (χ1) is 12.4. The number of aliphatic hydroxyl groups is 3. The van der Waals surface area contributed by atoms with E-state index in [1.54, 1.807) is 24.3 Å². The Labute approximate surface area is 148 Å². The van der Waals surface area contributed by atoms with Crippen molar-refractivity contribution in [3.05, 3.63) is 58.1 Å². The number of rotatable bonds is 4. The fraction of sp³-hybridized carbons (Fsp3) is 0.353. The summed E-state index contributed by atoms with van der Waals surface area (Å²) in [6.07, 6.45) is -3.59. The summed E-state index contributed by atoms with van der Waals surface area (Å²) in [6.45, 7) is 1.41. The molecule has 2 heterocycles. The number of nitrogens with zero attached hydrogens (tertiary/aromatic N) is 2. The largest absolute Gasteiger partial charge is 0.394 e. The number of aromatic nitrogens is 2. The van der Waals surface area contributed by atoms with Crippen LogP contribution in [0.15, 0.2) is 41.3 Å². The van der Waals surface area contributed by atoms with Gasteiger partial charge in [-0.15, -0.1) is 0 Å². The molecule has 4 N–H and O–H groups in total. The lowest BCUT2D eigenvalue weighted by molar-refractivity contribution is -0.0549. The van der Waals surface area contributed by atoms with Gasteiger partial charge in [0, 0.05) is 11.8 Å². The number of nitrogens with one attached hydrogen (secondary N) is 1. The minimum Gasteiger partial charge on any atom is -0.394 e. The van der Waals surface area contributed by atoms with Crippen LogP contribution in [0.5, 0.6) is 0 Å². The summed E-state index contributed by atoms with van der Waals surface area (Å²) in [5, 5.41) is 31.4. The highest BCUT2D eigenvalue weighted by Crippen LogP contribution is 2.28. The molecule has 3 rings (SSSR count). The summed E-state index contributed by atoms with van der Waals surface area (Å²) in [6, 6.07) is 8.28. The van der Waals surface area contributed by atoms with Crippen LogP contribution in [-0.4, -0.2) is 55.7 Å². The second kappa shape index (κ2) is 7.34. The van der Waals surface area contributed by atoms with Gasteiger partial charge in [-0.05, 0) is 25.1 Å². The number of aliphatic hydroxyl groups excluding tert-OH is 3. The summed E-state index contributed by atoms with van der Waals surface area (Å²) in [4.78, 5) is 28.1. The van der Waals surface area contributed by atoms with Gasteiger partial charge in [0.05, 0.1) is 6.61 Å². The number of ether oxygens (including phenoxy) is 1. The van der Waals surface area contributed by atoms with Crippen LogP contribution >= 0.6 is 0 Å². The standard InChI is InChI=1S/C17H19N3O6/c1-9-2-4-10(5-3-9)15(24)18-12-6-7-20(17(25)19-12)16-14(23)13(22)11(8-21)26-16/h2-7,11,13-14,16,21-23H,8H2,1H3,(H,18,19,24,25)/t11-,13+,14+,16-/m1/s1. The minimum absolute atomic E-state index is 0.0450. The molecule has 0 unspecified atom stereocenters. The van der Waals surface area contributed by atoms with E-state index in [2.05, 4.69) is 10.3 Å². The fourth-order valence-electron chi connectivity index (χ4n) is 2.68. The number of carbonyl (C=O) groups is 1. The number of hydrogen-bond donors (Lipinski definition) is 4. The first-order valence-electron chi connectivity index (χ1n) is 8.00. The zero-order valence-corrected chi connectivity index (χ0v) is 13.9. The smallest absolute Gasteiger partial charge is 0.351 e. The van der Waals surface area contributed by atoms with Gasteiger partial charge in [0.25, 0.3) is 5.91 Å². The normalized spacial score (nSPS) is 25.2. The third-order valence-electron chi connectivity index (χ3n) is 4.18. The average Bonchev–Trinajstić information content (AvgIpc) is 2.90. The molecule has 0 aliphatic carbocycles. The van der Waals surface area contributed by atoms with Crippen LogP contribution < -0.4 is 11.0 Å². The molecular weight excluding hydrogens is 342 g/mol. The summed E-state index contributed by atoms with van der Waals surface area (Å²) >= 11 is 0. The van der Waals surface area contributed by atoms with E-state index in [1.165, 1.54) is 12.3 Å². The van der Waals surface area contributed by atoms with Crippen molar-refractivity contribution in [3.8, 4) is 0 Å². The van der Waals surface area contributed by atoms with E-state index in [1.807, 2.05) is 6.92 Å². The lowest BCUT2D eigenvalue weighted by Crippen LogP contribution is -2.36. The fourth-order valence-corrected chi connectivity index (χ4v) is 2.68. The van der Waals surface area contributed by atoms with Crippen molar-refractivity contribution in [2.75, 3.05) is 11.9 Å². The van der Waals surface area contributed by atoms with E-state index >= 15 is 0 Å². The summed E-state index contributed by atoms with van der Waals surface area (Å²) in [7, 11) is 0. The first-order valence-corrected chi connectivity index (χ1v) is 8.00.